The summed E-state index contributed by atoms with van der Waals surface area (Å²) in [4.78, 5) is 9.62. The molecule has 4 fully saturated rings. The zero-order chi connectivity index (χ0) is 17.3. The molecule has 1 aromatic rings. The molecule has 1 unspecified atom stereocenters. The molecule has 1 aliphatic carbocycles. The van der Waals surface area contributed by atoms with Crippen molar-refractivity contribution in [3.8, 4) is 0 Å². The summed E-state index contributed by atoms with van der Waals surface area (Å²) < 4.78 is 1.22. The number of halogens is 2. The summed E-state index contributed by atoms with van der Waals surface area (Å²) >= 11 is 3.71. The largest absolute Gasteiger partial charge is 0.356 e. The van der Waals surface area contributed by atoms with Crippen LogP contribution in [-0.2, 0) is 5.41 Å². The molecule has 1 atom stereocenters. The highest BCUT2D eigenvalue weighted by molar-refractivity contribution is 14.0. The first-order chi connectivity index (χ1) is 12.2. The van der Waals surface area contributed by atoms with Crippen LogP contribution in [0.4, 0.5) is 0 Å². The number of nitrogens with one attached hydrogen (secondary N) is 2. The highest BCUT2D eigenvalue weighted by Crippen LogP contribution is 2.49. The van der Waals surface area contributed by atoms with Gasteiger partial charge < -0.3 is 10.6 Å². The summed E-state index contributed by atoms with van der Waals surface area (Å²) in [5.74, 6) is 0.927. The Hall–Kier alpha value is -0.380. The second kappa shape index (κ2) is 8.75. The van der Waals surface area contributed by atoms with Crippen molar-refractivity contribution in [1.29, 1.82) is 0 Å². The topological polar surface area (TPSA) is 42.9 Å². The molecule has 5 rings (SSSR count). The van der Waals surface area contributed by atoms with Crippen molar-refractivity contribution in [3.63, 3.8) is 0 Å². The van der Waals surface area contributed by atoms with E-state index in [1.54, 1.807) is 0 Å². The number of hydrogen-bond donors (Lipinski definition) is 2. The predicted octanol–water partition coefficient (Wildman–Crippen LogP) is 2.26. The fraction of sp³-hybridized carbons (Fsp3) is 0.632. The normalized spacial score (nSPS) is 29.0. The van der Waals surface area contributed by atoms with Gasteiger partial charge in [0.05, 0.1) is 0 Å². The molecule has 0 radical (unpaired) electrons. The van der Waals surface area contributed by atoms with E-state index < -0.39 is 0 Å². The molecule has 0 amide bonds. The van der Waals surface area contributed by atoms with Gasteiger partial charge in [0.2, 0.25) is 0 Å². The molecule has 2 bridgehead atoms. The highest BCUT2D eigenvalue weighted by atomic mass is 127. The van der Waals surface area contributed by atoms with Crippen molar-refractivity contribution >= 4 is 45.9 Å². The summed E-state index contributed by atoms with van der Waals surface area (Å²) in [6.07, 6.45) is 2.48. The minimum atomic E-state index is 0. The molecular formula is C19H29BrIN5. The lowest BCUT2D eigenvalue weighted by molar-refractivity contribution is 0.0154. The Balaban J connectivity index is 0.00000196. The molecule has 4 aliphatic rings. The summed E-state index contributed by atoms with van der Waals surface area (Å²) in [5, 5.41) is 7.12. The van der Waals surface area contributed by atoms with Crippen molar-refractivity contribution in [2.45, 2.75) is 24.3 Å². The maximum absolute atomic E-state index is 4.43. The van der Waals surface area contributed by atoms with E-state index in [0.717, 1.165) is 19.0 Å². The molecular weight excluding hydrogens is 505 g/mol. The van der Waals surface area contributed by atoms with Gasteiger partial charge >= 0.3 is 0 Å². The van der Waals surface area contributed by atoms with Gasteiger partial charge in [-0.15, -0.1) is 24.0 Å². The lowest BCUT2D eigenvalue weighted by Gasteiger charge is -2.47. The molecule has 5 nitrogen and oxygen atoms in total. The van der Waals surface area contributed by atoms with Crippen LogP contribution in [-0.4, -0.2) is 74.7 Å². The highest BCUT2D eigenvalue weighted by Gasteiger charge is 2.45. The number of piperazine rings is 3. The van der Waals surface area contributed by atoms with Crippen LogP contribution in [0.2, 0.25) is 0 Å². The Labute approximate surface area is 182 Å². The zero-order valence-electron chi connectivity index (χ0n) is 15.4. The van der Waals surface area contributed by atoms with E-state index in [4.69, 9.17) is 0 Å². The van der Waals surface area contributed by atoms with Crippen LogP contribution in [0.1, 0.15) is 18.4 Å². The maximum atomic E-state index is 4.43. The molecule has 3 saturated heterocycles. The van der Waals surface area contributed by atoms with Crippen molar-refractivity contribution in [3.05, 3.63) is 34.3 Å². The molecule has 7 heteroatoms. The molecule has 0 aromatic heterocycles. The number of nitrogens with zero attached hydrogens (tertiary/aromatic N) is 3. The Kier molecular flexibility index (Phi) is 6.85. The Morgan fingerprint density at radius 1 is 1.19 bits per heavy atom. The summed E-state index contributed by atoms with van der Waals surface area (Å²) in [7, 11) is 1.87. The van der Waals surface area contributed by atoms with Gasteiger partial charge in [0.15, 0.2) is 5.96 Å². The number of aliphatic imine (C=N–C) groups is 1. The molecule has 26 heavy (non-hydrogen) atoms. The second-order valence-electron chi connectivity index (χ2n) is 7.56. The number of guanidine groups is 1. The summed E-state index contributed by atoms with van der Waals surface area (Å²) in [6.45, 7) is 7.99. The standard InChI is InChI=1S/C19H28BrN5.HI/c1-21-18(22-12-15-13-24-8-10-25(15)11-9-24)23-14-19(6-7-19)16-4-2-3-5-17(16)20;/h2-5,15H,6-14H2,1H3,(H2,21,22,23);1H. The van der Waals surface area contributed by atoms with Gasteiger partial charge in [0, 0.05) is 68.8 Å². The lowest BCUT2D eigenvalue weighted by atomic mass is 9.96. The zero-order valence-corrected chi connectivity index (χ0v) is 19.3. The molecule has 3 aliphatic heterocycles. The molecule has 1 aromatic carbocycles. The van der Waals surface area contributed by atoms with E-state index in [2.05, 4.69) is 65.6 Å². The average Bonchev–Trinajstić information content (AvgIpc) is 3.44. The third-order valence-corrected chi connectivity index (χ3v) is 6.71. The Morgan fingerprint density at radius 2 is 1.92 bits per heavy atom. The average molecular weight is 534 g/mol. The third kappa shape index (κ3) is 4.36. The number of benzene rings is 1. The van der Waals surface area contributed by atoms with Gasteiger partial charge in [-0.2, -0.15) is 0 Å². The van der Waals surface area contributed by atoms with Gasteiger partial charge in [-0.05, 0) is 24.5 Å². The van der Waals surface area contributed by atoms with Crippen LogP contribution >= 0.6 is 39.9 Å². The van der Waals surface area contributed by atoms with Crippen molar-refractivity contribution in [1.82, 2.24) is 20.4 Å². The van der Waals surface area contributed by atoms with Crippen LogP contribution in [0, 0.1) is 0 Å². The van der Waals surface area contributed by atoms with Crippen molar-refractivity contribution in [2.24, 2.45) is 4.99 Å². The smallest absolute Gasteiger partial charge is 0.191 e. The van der Waals surface area contributed by atoms with Crippen LogP contribution in [0.5, 0.6) is 0 Å². The van der Waals surface area contributed by atoms with Crippen LogP contribution in [0.25, 0.3) is 0 Å². The third-order valence-electron chi connectivity index (χ3n) is 6.01. The van der Waals surface area contributed by atoms with Gasteiger partial charge in [-0.3, -0.25) is 14.8 Å². The van der Waals surface area contributed by atoms with Crippen molar-refractivity contribution in [2.75, 3.05) is 52.9 Å². The first-order valence-electron chi connectivity index (χ1n) is 9.36. The van der Waals surface area contributed by atoms with E-state index >= 15 is 0 Å². The molecule has 144 valence electrons. The quantitative estimate of drug-likeness (QED) is 0.346. The van der Waals surface area contributed by atoms with E-state index in [1.807, 2.05) is 7.05 Å². The first kappa shape index (κ1) is 20.4. The van der Waals surface area contributed by atoms with Gasteiger partial charge in [0.1, 0.15) is 0 Å². The lowest BCUT2D eigenvalue weighted by Crippen LogP contribution is -2.64. The van der Waals surface area contributed by atoms with Gasteiger partial charge in [-0.1, -0.05) is 34.1 Å². The predicted molar refractivity (Wildman–Crippen MR) is 122 cm³/mol. The molecule has 0 spiro atoms. The van der Waals surface area contributed by atoms with E-state index in [1.165, 1.54) is 55.6 Å². The molecule has 1 saturated carbocycles. The summed E-state index contributed by atoms with van der Waals surface area (Å²) in [5.41, 5.74) is 1.68. The molecule has 2 N–H and O–H groups in total. The fourth-order valence-electron chi connectivity index (χ4n) is 4.19. The first-order valence-corrected chi connectivity index (χ1v) is 10.2. The second-order valence-corrected chi connectivity index (χ2v) is 8.41. The Morgan fingerprint density at radius 3 is 2.50 bits per heavy atom. The van der Waals surface area contributed by atoms with Gasteiger partial charge in [-0.25, -0.2) is 0 Å². The van der Waals surface area contributed by atoms with E-state index in [9.17, 15) is 0 Å². The minimum absolute atomic E-state index is 0. The molecule has 3 heterocycles. The fourth-order valence-corrected chi connectivity index (χ4v) is 4.90. The number of hydrogen-bond acceptors (Lipinski definition) is 3. The van der Waals surface area contributed by atoms with Gasteiger partial charge in [0.25, 0.3) is 0 Å². The Bertz CT molecular complexity index is 641. The monoisotopic (exact) mass is 533 g/mol. The van der Waals surface area contributed by atoms with E-state index in [-0.39, 0.29) is 29.4 Å². The maximum Gasteiger partial charge on any atom is 0.191 e. The van der Waals surface area contributed by atoms with Crippen LogP contribution in [0.3, 0.4) is 0 Å². The van der Waals surface area contributed by atoms with Crippen LogP contribution in [0.15, 0.2) is 33.7 Å². The SMILES string of the molecule is CN=C(NCC1CN2CCN1CC2)NCC1(c2ccccc2Br)CC1.I. The van der Waals surface area contributed by atoms with Crippen molar-refractivity contribution < 1.29 is 0 Å². The summed E-state index contributed by atoms with van der Waals surface area (Å²) in [6, 6.07) is 9.22. The number of rotatable bonds is 5. The van der Waals surface area contributed by atoms with Crippen LogP contribution < -0.4 is 10.6 Å². The minimum Gasteiger partial charge on any atom is -0.356 e. The van der Waals surface area contributed by atoms with E-state index in [0.29, 0.717) is 6.04 Å². The number of fused-ring (bicyclic) bond motifs is 3.